The van der Waals surface area contributed by atoms with E-state index in [4.69, 9.17) is 0 Å². The number of hydrogen-bond donors (Lipinski definition) is 1. The topological polar surface area (TPSA) is 12.0 Å². The Labute approximate surface area is 123 Å². The van der Waals surface area contributed by atoms with E-state index < -0.39 is 0 Å². The monoisotopic (exact) mass is 267 g/mol. The van der Waals surface area contributed by atoms with Crippen LogP contribution in [-0.4, -0.2) is 6.54 Å². The molecule has 0 spiro atoms. The number of rotatable bonds is 7. The average molecular weight is 267 g/mol. The van der Waals surface area contributed by atoms with Crippen LogP contribution in [0.3, 0.4) is 0 Å². The van der Waals surface area contributed by atoms with Crippen molar-refractivity contribution in [3.63, 3.8) is 0 Å². The molecule has 0 bridgehead atoms. The van der Waals surface area contributed by atoms with Gasteiger partial charge in [0, 0.05) is 6.04 Å². The Balaban J connectivity index is 2.08. The van der Waals surface area contributed by atoms with E-state index in [0.717, 1.165) is 18.9 Å². The molecule has 0 saturated heterocycles. The second-order valence-corrected chi connectivity index (χ2v) is 5.57. The van der Waals surface area contributed by atoms with Crippen LogP contribution in [-0.2, 0) is 6.42 Å². The number of nitrogens with one attached hydrogen (secondary N) is 1. The Bertz CT molecular complexity index is 478. The molecule has 1 N–H and O–H groups in total. The van der Waals surface area contributed by atoms with Crippen molar-refractivity contribution < 1.29 is 0 Å². The van der Waals surface area contributed by atoms with E-state index in [1.165, 1.54) is 17.5 Å². The van der Waals surface area contributed by atoms with Crippen LogP contribution in [0.5, 0.6) is 0 Å². The summed E-state index contributed by atoms with van der Waals surface area (Å²) in [6.45, 7) is 5.63. The lowest BCUT2D eigenvalue weighted by Crippen LogP contribution is -2.27. The number of hydrogen-bond acceptors (Lipinski definition) is 1. The molecule has 0 saturated carbocycles. The van der Waals surface area contributed by atoms with Crippen molar-refractivity contribution in [2.45, 2.75) is 32.7 Å². The summed E-state index contributed by atoms with van der Waals surface area (Å²) in [4.78, 5) is 0. The molecule has 0 fully saturated rings. The Hall–Kier alpha value is -1.60. The van der Waals surface area contributed by atoms with Crippen LogP contribution >= 0.6 is 0 Å². The highest BCUT2D eigenvalue weighted by atomic mass is 14.9. The molecular weight excluding hydrogens is 242 g/mol. The van der Waals surface area contributed by atoms with Crippen molar-refractivity contribution in [1.29, 1.82) is 0 Å². The Morgan fingerprint density at radius 3 is 2.10 bits per heavy atom. The third-order valence-corrected chi connectivity index (χ3v) is 3.89. The van der Waals surface area contributed by atoms with Crippen molar-refractivity contribution >= 4 is 0 Å². The zero-order valence-electron chi connectivity index (χ0n) is 12.5. The fourth-order valence-electron chi connectivity index (χ4n) is 2.33. The predicted octanol–water partition coefficient (Wildman–Crippen LogP) is 4.61. The molecule has 1 heteroatoms. The summed E-state index contributed by atoms with van der Waals surface area (Å²) in [5, 5.41) is 3.74. The first-order valence-corrected chi connectivity index (χ1v) is 7.62. The summed E-state index contributed by atoms with van der Waals surface area (Å²) >= 11 is 0. The van der Waals surface area contributed by atoms with E-state index in [1.54, 1.807) is 0 Å². The summed E-state index contributed by atoms with van der Waals surface area (Å²) in [6, 6.07) is 21.9. The zero-order chi connectivity index (χ0) is 14.2. The molecule has 106 valence electrons. The predicted molar refractivity (Wildman–Crippen MR) is 86.8 cm³/mol. The van der Waals surface area contributed by atoms with Gasteiger partial charge in [-0.2, -0.15) is 0 Å². The van der Waals surface area contributed by atoms with E-state index >= 15 is 0 Å². The van der Waals surface area contributed by atoms with Gasteiger partial charge in [0.15, 0.2) is 0 Å². The molecule has 1 nitrogen and oxygen atoms in total. The first-order chi connectivity index (χ1) is 9.79. The molecule has 0 radical (unpaired) electrons. The third kappa shape index (κ3) is 4.50. The van der Waals surface area contributed by atoms with Gasteiger partial charge in [-0.3, -0.25) is 0 Å². The van der Waals surface area contributed by atoms with Gasteiger partial charge in [-0.1, -0.05) is 80.9 Å². The van der Waals surface area contributed by atoms with Crippen LogP contribution in [0.4, 0.5) is 0 Å². The van der Waals surface area contributed by atoms with Crippen LogP contribution in [0.2, 0.25) is 0 Å². The minimum Gasteiger partial charge on any atom is -0.309 e. The van der Waals surface area contributed by atoms with Gasteiger partial charge in [0.2, 0.25) is 0 Å². The van der Waals surface area contributed by atoms with E-state index in [9.17, 15) is 0 Å². The van der Waals surface area contributed by atoms with E-state index in [1.807, 2.05) is 0 Å². The average Bonchev–Trinajstić information content (AvgIpc) is 2.53. The van der Waals surface area contributed by atoms with Crippen LogP contribution < -0.4 is 5.32 Å². The molecule has 0 aromatic heterocycles. The lowest BCUT2D eigenvalue weighted by Gasteiger charge is -2.21. The molecule has 0 amide bonds. The summed E-state index contributed by atoms with van der Waals surface area (Å²) in [7, 11) is 0. The Kier molecular flexibility index (Phi) is 5.82. The van der Waals surface area contributed by atoms with Crippen LogP contribution in [0, 0.1) is 5.92 Å². The highest BCUT2D eigenvalue weighted by molar-refractivity contribution is 5.23. The maximum Gasteiger partial charge on any atom is 0.0360 e. The normalized spacial score (nSPS) is 13.9. The minimum atomic E-state index is 0.396. The van der Waals surface area contributed by atoms with Gasteiger partial charge in [0.05, 0.1) is 0 Å². The van der Waals surface area contributed by atoms with Crippen LogP contribution in [0.25, 0.3) is 0 Å². The molecule has 0 heterocycles. The number of benzene rings is 2. The second kappa shape index (κ2) is 7.86. The van der Waals surface area contributed by atoms with E-state index in [0.29, 0.717) is 6.04 Å². The van der Waals surface area contributed by atoms with Crippen molar-refractivity contribution in [3.8, 4) is 0 Å². The standard InChI is InChI=1S/C19H25N/c1-3-16(2)15-20-19(18-12-8-5-9-13-18)14-17-10-6-4-7-11-17/h4-13,16,19-20H,3,14-15H2,1-2H3. The molecule has 2 aromatic carbocycles. The van der Waals surface area contributed by atoms with Crippen LogP contribution in [0.1, 0.15) is 37.4 Å². The smallest absolute Gasteiger partial charge is 0.0360 e. The Morgan fingerprint density at radius 2 is 1.50 bits per heavy atom. The summed E-state index contributed by atoms with van der Waals surface area (Å²) < 4.78 is 0. The molecule has 2 rings (SSSR count). The molecule has 20 heavy (non-hydrogen) atoms. The Morgan fingerprint density at radius 1 is 0.900 bits per heavy atom. The fourth-order valence-corrected chi connectivity index (χ4v) is 2.33. The SMILES string of the molecule is CCC(C)CNC(Cc1ccccc1)c1ccccc1. The highest BCUT2D eigenvalue weighted by Crippen LogP contribution is 2.18. The van der Waals surface area contributed by atoms with Crippen molar-refractivity contribution in [2.24, 2.45) is 5.92 Å². The quantitative estimate of drug-likeness (QED) is 0.772. The van der Waals surface area contributed by atoms with E-state index in [2.05, 4.69) is 79.8 Å². The van der Waals surface area contributed by atoms with Gasteiger partial charge < -0.3 is 5.32 Å². The maximum absolute atomic E-state index is 3.74. The summed E-state index contributed by atoms with van der Waals surface area (Å²) in [6.07, 6.45) is 2.27. The van der Waals surface area contributed by atoms with Gasteiger partial charge in [0.1, 0.15) is 0 Å². The van der Waals surface area contributed by atoms with Gasteiger partial charge in [-0.15, -0.1) is 0 Å². The van der Waals surface area contributed by atoms with Gasteiger partial charge >= 0.3 is 0 Å². The summed E-state index contributed by atoms with van der Waals surface area (Å²) in [5.41, 5.74) is 2.76. The van der Waals surface area contributed by atoms with Gasteiger partial charge in [0.25, 0.3) is 0 Å². The molecular formula is C19H25N. The lowest BCUT2D eigenvalue weighted by molar-refractivity contribution is 0.443. The second-order valence-electron chi connectivity index (χ2n) is 5.57. The molecule has 0 aliphatic rings. The first kappa shape index (κ1) is 14.8. The molecule has 2 unspecified atom stereocenters. The summed E-state index contributed by atoms with van der Waals surface area (Å²) in [5.74, 6) is 0.719. The van der Waals surface area contributed by atoms with Gasteiger partial charge in [-0.05, 0) is 30.0 Å². The minimum absolute atomic E-state index is 0.396. The zero-order valence-corrected chi connectivity index (χ0v) is 12.5. The molecule has 0 aliphatic carbocycles. The first-order valence-electron chi connectivity index (χ1n) is 7.62. The lowest BCUT2D eigenvalue weighted by atomic mass is 9.98. The third-order valence-electron chi connectivity index (χ3n) is 3.89. The molecule has 2 aromatic rings. The van der Waals surface area contributed by atoms with Crippen molar-refractivity contribution in [1.82, 2.24) is 5.32 Å². The maximum atomic E-state index is 3.74. The fraction of sp³-hybridized carbons (Fsp3) is 0.368. The highest BCUT2D eigenvalue weighted by Gasteiger charge is 2.12. The van der Waals surface area contributed by atoms with Crippen molar-refractivity contribution in [2.75, 3.05) is 6.54 Å². The van der Waals surface area contributed by atoms with Crippen LogP contribution in [0.15, 0.2) is 60.7 Å². The van der Waals surface area contributed by atoms with Crippen molar-refractivity contribution in [3.05, 3.63) is 71.8 Å². The molecule has 0 aliphatic heterocycles. The molecule has 2 atom stereocenters. The van der Waals surface area contributed by atoms with E-state index in [-0.39, 0.29) is 0 Å². The van der Waals surface area contributed by atoms with Gasteiger partial charge in [-0.25, -0.2) is 0 Å². The largest absolute Gasteiger partial charge is 0.309 e.